The monoisotopic (exact) mass is 444 g/mol. The van der Waals surface area contributed by atoms with Crippen molar-refractivity contribution in [2.45, 2.75) is 19.4 Å². The molecule has 1 fully saturated rings. The number of benzene rings is 1. The van der Waals surface area contributed by atoms with Crippen LogP contribution in [-0.4, -0.2) is 41.5 Å². The van der Waals surface area contributed by atoms with Crippen LogP contribution in [0.4, 0.5) is 11.4 Å². The lowest BCUT2D eigenvalue weighted by atomic mass is 10.2. The van der Waals surface area contributed by atoms with Crippen LogP contribution in [0.25, 0.3) is 10.6 Å². The lowest BCUT2D eigenvalue weighted by molar-refractivity contribution is -0.114. The second-order valence-corrected chi connectivity index (χ2v) is 10.3. The zero-order chi connectivity index (χ0) is 21.3. The van der Waals surface area contributed by atoms with Gasteiger partial charge in [-0.3, -0.25) is 14.3 Å². The minimum atomic E-state index is -3.09. The number of carbonyl (C=O) groups excluding carboxylic acids is 2. The Morgan fingerprint density at radius 2 is 1.83 bits per heavy atom. The van der Waals surface area contributed by atoms with Crippen LogP contribution in [0.5, 0.6) is 0 Å². The summed E-state index contributed by atoms with van der Waals surface area (Å²) in [5.74, 6) is -0.408. The predicted octanol–water partition coefficient (Wildman–Crippen LogP) is 3.18. The minimum Gasteiger partial charge on any atom is -0.326 e. The van der Waals surface area contributed by atoms with E-state index in [0.717, 1.165) is 10.6 Å². The maximum Gasteiger partial charge on any atom is 0.276 e. The first kappa shape index (κ1) is 20.3. The Morgan fingerprint density at radius 1 is 1.13 bits per heavy atom. The van der Waals surface area contributed by atoms with Gasteiger partial charge in [0.2, 0.25) is 5.91 Å². The number of sulfone groups is 1. The zero-order valence-corrected chi connectivity index (χ0v) is 17.8. The number of hydrogen-bond donors (Lipinski definition) is 2. The molecule has 2 N–H and O–H groups in total. The first-order valence-corrected chi connectivity index (χ1v) is 12.0. The summed E-state index contributed by atoms with van der Waals surface area (Å²) in [6.45, 7) is 1.42. The van der Waals surface area contributed by atoms with Crippen LogP contribution in [0.1, 0.15) is 29.9 Å². The fourth-order valence-electron chi connectivity index (χ4n) is 3.40. The standard InChI is InChI=1S/C20H20N4O4S2/c1-13(25)21-14-4-6-15(7-5-14)22-20(26)17-11-18(19-3-2-9-29-19)24(23-17)16-8-10-30(27,28)12-16/h2-7,9,11,16H,8,10,12H2,1H3,(H,21,25)(H,22,26)/t16-/m0/s1. The number of nitrogens with one attached hydrogen (secondary N) is 2. The lowest BCUT2D eigenvalue weighted by Crippen LogP contribution is -2.16. The molecule has 2 amide bonds. The third-order valence-electron chi connectivity index (χ3n) is 4.76. The summed E-state index contributed by atoms with van der Waals surface area (Å²) in [4.78, 5) is 24.8. The summed E-state index contributed by atoms with van der Waals surface area (Å²) >= 11 is 1.51. The smallest absolute Gasteiger partial charge is 0.276 e. The maximum atomic E-state index is 12.8. The van der Waals surface area contributed by atoms with Crippen LogP contribution in [-0.2, 0) is 14.6 Å². The Kier molecular flexibility index (Phi) is 5.44. The molecule has 3 aromatic rings. The van der Waals surface area contributed by atoms with Gasteiger partial charge in [0.15, 0.2) is 15.5 Å². The van der Waals surface area contributed by atoms with Crippen molar-refractivity contribution in [1.29, 1.82) is 0 Å². The molecular weight excluding hydrogens is 424 g/mol. The Morgan fingerprint density at radius 3 is 2.40 bits per heavy atom. The van der Waals surface area contributed by atoms with Gasteiger partial charge in [-0.25, -0.2) is 8.42 Å². The lowest BCUT2D eigenvalue weighted by Gasteiger charge is -2.12. The Balaban J connectivity index is 1.58. The molecule has 1 aliphatic heterocycles. The molecule has 0 unspecified atom stereocenters. The molecule has 0 aliphatic carbocycles. The average molecular weight is 445 g/mol. The van der Waals surface area contributed by atoms with E-state index in [1.807, 2.05) is 17.5 Å². The molecule has 156 valence electrons. The van der Waals surface area contributed by atoms with E-state index < -0.39 is 9.84 Å². The molecule has 10 heteroatoms. The van der Waals surface area contributed by atoms with E-state index in [1.165, 1.54) is 18.3 Å². The van der Waals surface area contributed by atoms with Gasteiger partial charge in [0.25, 0.3) is 5.91 Å². The molecule has 1 saturated heterocycles. The van der Waals surface area contributed by atoms with E-state index in [2.05, 4.69) is 15.7 Å². The number of nitrogens with zero attached hydrogens (tertiary/aromatic N) is 2. The zero-order valence-electron chi connectivity index (χ0n) is 16.2. The second kappa shape index (κ2) is 8.04. The average Bonchev–Trinajstić information content (AvgIpc) is 3.41. The molecule has 1 aliphatic rings. The number of amides is 2. The minimum absolute atomic E-state index is 0.0265. The highest BCUT2D eigenvalue weighted by atomic mass is 32.2. The highest BCUT2D eigenvalue weighted by Crippen LogP contribution is 2.32. The Bertz CT molecular complexity index is 1180. The molecular formula is C20H20N4O4S2. The molecule has 3 heterocycles. The van der Waals surface area contributed by atoms with Gasteiger partial charge >= 0.3 is 0 Å². The van der Waals surface area contributed by atoms with Crippen LogP contribution >= 0.6 is 11.3 Å². The molecule has 4 rings (SSSR count). The molecule has 1 aromatic carbocycles. The first-order chi connectivity index (χ1) is 14.3. The molecule has 30 heavy (non-hydrogen) atoms. The van der Waals surface area contributed by atoms with Crippen LogP contribution in [0.15, 0.2) is 47.8 Å². The van der Waals surface area contributed by atoms with Crippen LogP contribution in [0.2, 0.25) is 0 Å². The summed E-state index contributed by atoms with van der Waals surface area (Å²) in [6.07, 6.45) is 0.480. The van der Waals surface area contributed by atoms with Crippen molar-refractivity contribution in [2.75, 3.05) is 22.1 Å². The highest BCUT2D eigenvalue weighted by molar-refractivity contribution is 7.91. The number of carbonyl (C=O) groups is 2. The summed E-state index contributed by atoms with van der Waals surface area (Å²) in [7, 11) is -3.09. The Hall–Kier alpha value is -2.98. The van der Waals surface area contributed by atoms with Crippen LogP contribution < -0.4 is 10.6 Å². The second-order valence-electron chi connectivity index (χ2n) is 7.11. The molecule has 0 radical (unpaired) electrons. The topological polar surface area (TPSA) is 110 Å². The largest absolute Gasteiger partial charge is 0.326 e. The van der Waals surface area contributed by atoms with E-state index in [9.17, 15) is 18.0 Å². The van der Waals surface area contributed by atoms with Gasteiger partial charge in [0, 0.05) is 18.3 Å². The fourth-order valence-corrected chi connectivity index (χ4v) is 5.82. The van der Waals surface area contributed by atoms with Crippen molar-refractivity contribution in [3.05, 3.63) is 53.5 Å². The number of aromatic nitrogens is 2. The van der Waals surface area contributed by atoms with E-state index in [-0.39, 0.29) is 35.1 Å². The summed E-state index contributed by atoms with van der Waals surface area (Å²) in [5, 5.41) is 11.8. The van der Waals surface area contributed by atoms with Crippen molar-refractivity contribution in [2.24, 2.45) is 0 Å². The molecule has 1 atom stereocenters. The van der Waals surface area contributed by atoms with Gasteiger partial charge in [-0.1, -0.05) is 6.07 Å². The van der Waals surface area contributed by atoms with E-state index >= 15 is 0 Å². The first-order valence-electron chi connectivity index (χ1n) is 9.33. The summed E-state index contributed by atoms with van der Waals surface area (Å²) in [5.41, 5.74) is 2.14. The number of anilines is 2. The van der Waals surface area contributed by atoms with Crippen molar-refractivity contribution in [3.63, 3.8) is 0 Å². The van der Waals surface area contributed by atoms with Crippen molar-refractivity contribution in [3.8, 4) is 10.6 Å². The van der Waals surface area contributed by atoms with E-state index in [1.54, 1.807) is 35.0 Å². The van der Waals surface area contributed by atoms with Gasteiger partial charge in [-0.15, -0.1) is 11.3 Å². The third-order valence-corrected chi connectivity index (χ3v) is 7.40. The molecule has 0 bridgehead atoms. The van der Waals surface area contributed by atoms with Crippen molar-refractivity contribution >= 4 is 44.4 Å². The number of hydrogen-bond acceptors (Lipinski definition) is 6. The van der Waals surface area contributed by atoms with Gasteiger partial charge in [-0.2, -0.15) is 5.10 Å². The SMILES string of the molecule is CC(=O)Nc1ccc(NC(=O)c2cc(-c3cccs3)n([C@H]3CCS(=O)(=O)C3)n2)cc1. The van der Waals surface area contributed by atoms with Crippen molar-refractivity contribution in [1.82, 2.24) is 9.78 Å². The normalized spacial score (nSPS) is 17.6. The molecule has 2 aromatic heterocycles. The number of thiophene rings is 1. The molecule has 0 saturated carbocycles. The van der Waals surface area contributed by atoms with Crippen LogP contribution in [0, 0.1) is 0 Å². The third kappa shape index (κ3) is 4.44. The fraction of sp³-hybridized carbons (Fsp3) is 0.250. The molecule has 8 nitrogen and oxygen atoms in total. The molecule has 0 spiro atoms. The number of rotatable bonds is 5. The Labute approximate surface area is 177 Å². The van der Waals surface area contributed by atoms with Crippen LogP contribution in [0.3, 0.4) is 0 Å². The van der Waals surface area contributed by atoms with Gasteiger partial charge in [-0.05, 0) is 48.2 Å². The van der Waals surface area contributed by atoms with Gasteiger partial charge in [0.1, 0.15) is 0 Å². The predicted molar refractivity (Wildman–Crippen MR) is 117 cm³/mol. The summed E-state index contributed by atoms with van der Waals surface area (Å²) < 4.78 is 25.6. The van der Waals surface area contributed by atoms with Gasteiger partial charge in [0.05, 0.1) is 28.1 Å². The maximum absolute atomic E-state index is 12.8. The highest BCUT2D eigenvalue weighted by Gasteiger charge is 2.32. The van der Waals surface area contributed by atoms with E-state index in [4.69, 9.17) is 0 Å². The van der Waals surface area contributed by atoms with Crippen molar-refractivity contribution < 1.29 is 18.0 Å². The van der Waals surface area contributed by atoms with E-state index in [0.29, 0.717) is 17.8 Å². The summed E-state index contributed by atoms with van der Waals surface area (Å²) in [6, 6.07) is 12.0. The quantitative estimate of drug-likeness (QED) is 0.628. The van der Waals surface area contributed by atoms with Gasteiger partial charge < -0.3 is 10.6 Å².